The molecule has 0 aliphatic carbocycles. The van der Waals surface area contributed by atoms with Gasteiger partial charge < -0.3 is 9.64 Å². The highest BCUT2D eigenvalue weighted by molar-refractivity contribution is 7.92. The topological polar surface area (TPSA) is 119 Å². The number of nitrogens with zero attached hydrogens (tertiary/aromatic N) is 2. The zero-order valence-corrected chi connectivity index (χ0v) is 19.8. The highest BCUT2D eigenvalue weighted by Crippen LogP contribution is 2.31. The molecule has 34 heavy (non-hydrogen) atoms. The lowest BCUT2D eigenvalue weighted by Gasteiger charge is -2.18. The first kappa shape index (κ1) is 24.7. The SMILES string of the molecule is CCc1ccc(CN(C)C(=O)c2ccc(S(=O)(=O)Nc3cc([N+](=O)[O-])ccc3OC)cc2)cc1. The number of methoxy groups -OCH3 is 1. The summed E-state index contributed by atoms with van der Waals surface area (Å²) >= 11 is 0. The van der Waals surface area contributed by atoms with Gasteiger partial charge in [-0.3, -0.25) is 19.6 Å². The van der Waals surface area contributed by atoms with Crippen molar-refractivity contribution in [2.45, 2.75) is 24.8 Å². The number of hydrogen-bond donors (Lipinski definition) is 1. The molecule has 0 aliphatic rings. The van der Waals surface area contributed by atoms with E-state index in [1.807, 2.05) is 24.3 Å². The molecular formula is C24H25N3O6S. The van der Waals surface area contributed by atoms with E-state index in [1.54, 1.807) is 11.9 Å². The molecule has 0 bridgehead atoms. The van der Waals surface area contributed by atoms with E-state index in [-0.39, 0.29) is 27.9 Å². The Bertz CT molecular complexity index is 1290. The zero-order chi connectivity index (χ0) is 24.9. The van der Waals surface area contributed by atoms with E-state index in [4.69, 9.17) is 4.74 Å². The van der Waals surface area contributed by atoms with Gasteiger partial charge in [-0.1, -0.05) is 31.2 Å². The van der Waals surface area contributed by atoms with Gasteiger partial charge in [0.2, 0.25) is 0 Å². The summed E-state index contributed by atoms with van der Waals surface area (Å²) in [6.45, 7) is 2.49. The number of nitro groups is 1. The fourth-order valence-electron chi connectivity index (χ4n) is 3.32. The molecule has 3 aromatic rings. The predicted molar refractivity (Wildman–Crippen MR) is 129 cm³/mol. The smallest absolute Gasteiger partial charge is 0.271 e. The monoisotopic (exact) mass is 483 g/mol. The van der Waals surface area contributed by atoms with Crippen LogP contribution in [0.4, 0.5) is 11.4 Å². The van der Waals surface area contributed by atoms with Crippen LogP contribution in [-0.4, -0.2) is 38.3 Å². The van der Waals surface area contributed by atoms with Crippen molar-refractivity contribution in [2.24, 2.45) is 0 Å². The maximum absolute atomic E-state index is 12.8. The molecule has 1 amide bonds. The first-order valence-corrected chi connectivity index (χ1v) is 11.9. The third kappa shape index (κ3) is 5.70. The summed E-state index contributed by atoms with van der Waals surface area (Å²) in [5.74, 6) is -0.119. The number of aryl methyl sites for hydroxylation is 1. The second-order valence-corrected chi connectivity index (χ2v) is 9.29. The summed E-state index contributed by atoms with van der Waals surface area (Å²) in [5.41, 5.74) is 2.19. The number of amides is 1. The normalized spacial score (nSPS) is 11.0. The molecule has 0 radical (unpaired) electrons. The molecule has 0 saturated heterocycles. The number of nitrogens with one attached hydrogen (secondary N) is 1. The van der Waals surface area contributed by atoms with Gasteiger partial charge in [0, 0.05) is 31.3 Å². The molecule has 3 rings (SSSR count). The summed E-state index contributed by atoms with van der Waals surface area (Å²) in [7, 11) is -1.08. The van der Waals surface area contributed by atoms with Crippen molar-refractivity contribution in [2.75, 3.05) is 18.9 Å². The maximum atomic E-state index is 12.8. The molecule has 0 heterocycles. The number of carbonyl (C=O) groups is 1. The van der Waals surface area contributed by atoms with Crippen molar-refractivity contribution in [1.29, 1.82) is 0 Å². The van der Waals surface area contributed by atoms with Crippen LogP contribution in [0.25, 0.3) is 0 Å². The number of ether oxygens (including phenoxy) is 1. The van der Waals surface area contributed by atoms with Gasteiger partial charge >= 0.3 is 0 Å². The van der Waals surface area contributed by atoms with Crippen LogP contribution in [0.3, 0.4) is 0 Å². The van der Waals surface area contributed by atoms with Crippen LogP contribution in [-0.2, 0) is 23.0 Å². The molecule has 3 aromatic carbocycles. The van der Waals surface area contributed by atoms with Crippen LogP contribution in [0.2, 0.25) is 0 Å². The van der Waals surface area contributed by atoms with Crippen molar-refractivity contribution in [3.05, 3.63) is 93.5 Å². The molecule has 0 saturated carbocycles. The molecule has 0 spiro atoms. The van der Waals surface area contributed by atoms with Crippen molar-refractivity contribution in [3.63, 3.8) is 0 Å². The van der Waals surface area contributed by atoms with E-state index >= 15 is 0 Å². The van der Waals surface area contributed by atoms with Crippen molar-refractivity contribution in [1.82, 2.24) is 4.90 Å². The quantitative estimate of drug-likeness (QED) is 0.359. The number of sulfonamides is 1. The van der Waals surface area contributed by atoms with Crippen LogP contribution in [0.1, 0.15) is 28.4 Å². The standard InChI is InChI=1S/C24H25N3O6S/c1-4-17-5-7-18(8-6-17)16-26(2)24(28)19-9-12-21(13-10-19)34(31,32)25-22-15-20(27(29)30)11-14-23(22)33-3/h5-15,25H,4,16H2,1-3H3. The van der Waals surface area contributed by atoms with Crippen LogP contribution in [0, 0.1) is 10.1 Å². The molecule has 178 valence electrons. The van der Waals surface area contributed by atoms with Crippen molar-refractivity contribution < 1.29 is 22.9 Å². The van der Waals surface area contributed by atoms with E-state index in [0.717, 1.165) is 18.1 Å². The summed E-state index contributed by atoms with van der Waals surface area (Å²) < 4.78 is 33.1. The number of benzene rings is 3. The third-order valence-electron chi connectivity index (χ3n) is 5.25. The number of carbonyl (C=O) groups excluding carboxylic acids is 1. The van der Waals surface area contributed by atoms with Gasteiger partial charge in [-0.25, -0.2) is 8.42 Å². The molecule has 0 atom stereocenters. The molecule has 0 fully saturated rings. The fraction of sp³-hybridized carbons (Fsp3) is 0.208. The molecule has 0 aliphatic heterocycles. The Morgan fingerprint density at radius 2 is 1.65 bits per heavy atom. The van der Waals surface area contributed by atoms with Crippen molar-refractivity contribution >= 4 is 27.3 Å². The summed E-state index contributed by atoms with van der Waals surface area (Å²) in [4.78, 5) is 24.6. The first-order chi connectivity index (χ1) is 16.1. The average Bonchev–Trinajstić information content (AvgIpc) is 2.83. The maximum Gasteiger partial charge on any atom is 0.271 e. The Morgan fingerprint density at radius 1 is 1.03 bits per heavy atom. The largest absolute Gasteiger partial charge is 0.495 e. The van der Waals surface area contributed by atoms with Crippen LogP contribution in [0.15, 0.2) is 71.6 Å². The van der Waals surface area contributed by atoms with Gasteiger partial charge in [-0.05, 0) is 47.9 Å². The van der Waals surface area contributed by atoms with Crippen LogP contribution in [0.5, 0.6) is 5.75 Å². The van der Waals surface area contributed by atoms with Gasteiger partial charge in [0.05, 0.1) is 22.6 Å². The second kappa shape index (κ2) is 10.3. The van der Waals surface area contributed by atoms with E-state index in [2.05, 4.69) is 11.6 Å². The minimum absolute atomic E-state index is 0.0642. The van der Waals surface area contributed by atoms with Crippen LogP contribution < -0.4 is 9.46 Å². The number of anilines is 1. The minimum Gasteiger partial charge on any atom is -0.495 e. The zero-order valence-electron chi connectivity index (χ0n) is 19.0. The Labute approximate surface area is 198 Å². The fourth-order valence-corrected chi connectivity index (χ4v) is 4.38. The lowest BCUT2D eigenvalue weighted by molar-refractivity contribution is -0.384. The number of nitro benzene ring substituents is 1. The Kier molecular flexibility index (Phi) is 7.52. The highest BCUT2D eigenvalue weighted by atomic mass is 32.2. The van der Waals surface area contributed by atoms with Crippen molar-refractivity contribution in [3.8, 4) is 5.75 Å². The van der Waals surface area contributed by atoms with E-state index < -0.39 is 14.9 Å². The Hall–Kier alpha value is -3.92. The number of non-ortho nitro benzene ring substituents is 1. The van der Waals surface area contributed by atoms with Crippen LogP contribution >= 0.6 is 0 Å². The van der Waals surface area contributed by atoms with Gasteiger partial charge in [0.1, 0.15) is 5.75 Å². The van der Waals surface area contributed by atoms with E-state index in [9.17, 15) is 23.3 Å². The molecule has 0 aromatic heterocycles. The number of rotatable bonds is 9. The van der Waals surface area contributed by atoms with Gasteiger partial charge in [0.25, 0.3) is 21.6 Å². The summed E-state index contributed by atoms with van der Waals surface area (Å²) in [6.07, 6.45) is 0.938. The second-order valence-electron chi connectivity index (χ2n) is 7.60. The van der Waals surface area contributed by atoms with E-state index in [0.29, 0.717) is 12.1 Å². The number of hydrogen-bond acceptors (Lipinski definition) is 6. The molecule has 10 heteroatoms. The molecule has 0 unspecified atom stereocenters. The Balaban J connectivity index is 1.75. The lowest BCUT2D eigenvalue weighted by Crippen LogP contribution is -2.26. The lowest BCUT2D eigenvalue weighted by atomic mass is 10.1. The summed E-state index contributed by atoms with van der Waals surface area (Å²) in [5, 5.41) is 11.0. The molecule has 9 nitrogen and oxygen atoms in total. The average molecular weight is 484 g/mol. The first-order valence-electron chi connectivity index (χ1n) is 10.4. The molecular weight excluding hydrogens is 458 g/mol. The van der Waals surface area contributed by atoms with Gasteiger partial charge in [-0.2, -0.15) is 0 Å². The Morgan fingerprint density at radius 3 is 2.21 bits per heavy atom. The molecule has 1 N–H and O–H groups in total. The third-order valence-corrected chi connectivity index (χ3v) is 6.63. The summed E-state index contributed by atoms with van der Waals surface area (Å²) in [6, 6.07) is 17.1. The highest BCUT2D eigenvalue weighted by Gasteiger charge is 2.20. The minimum atomic E-state index is -4.08. The van der Waals surface area contributed by atoms with Gasteiger partial charge in [-0.15, -0.1) is 0 Å². The van der Waals surface area contributed by atoms with Gasteiger partial charge in [0.15, 0.2) is 0 Å². The van der Waals surface area contributed by atoms with E-state index in [1.165, 1.54) is 49.1 Å². The predicted octanol–water partition coefficient (Wildman–Crippen LogP) is 4.24.